The van der Waals surface area contributed by atoms with Crippen LogP contribution in [-0.4, -0.2) is 16.5 Å². The average molecular weight is 217 g/mol. The van der Waals surface area contributed by atoms with Crippen LogP contribution >= 0.6 is 11.6 Å². The van der Waals surface area contributed by atoms with Crippen molar-refractivity contribution in [3.05, 3.63) is 34.6 Å². The number of ketones is 1. The lowest BCUT2D eigenvalue weighted by Crippen LogP contribution is -2.31. The van der Waals surface area contributed by atoms with Gasteiger partial charge in [-0.3, -0.25) is 4.79 Å². The number of aliphatic hydroxyl groups is 1. The van der Waals surface area contributed by atoms with Gasteiger partial charge in [0.15, 0.2) is 5.78 Å². The summed E-state index contributed by atoms with van der Waals surface area (Å²) in [6.07, 6.45) is 0. The lowest BCUT2D eigenvalue weighted by atomic mass is 9.96. The van der Waals surface area contributed by atoms with Crippen molar-refractivity contribution in [2.45, 2.75) is 19.4 Å². The third-order valence-corrected chi connectivity index (χ3v) is 1.97. The van der Waals surface area contributed by atoms with Crippen LogP contribution in [0.15, 0.2) is 18.2 Å². The first kappa shape index (κ1) is 11.1. The van der Waals surface area contributed by atoms with E-state index in [9.17, 15) is 14.3 Å². The second kappa shape index (κ2) is 3.67. The molecule has 0 aliphatic heterocycles. The molecule has 14 heavy (non-hydrogen) atoms. The molecular formula is C10H10ClFO2. The van der Waals surface area contributed by atoms with Crippen molar-refractivity contribution in [1.82, 2.24) is 0 Å². The van der Waals surface area contributed by atoms with Gasteiger partial charge in [-0.1, -0.05) is 11.6 Å². The van der Waals surface area contributed by atoms with Crippen molar-refractivity contribution < 1.29 is 14.3 Å². The highest BCUT2D eigenvalue weighted by Crippen LogP contribution is 2.19. The predicted octanol–water partition coefficient (Wildman–Crippen LogP) is 2.43. The number of benzene rings is 1. The van der Waals surface area contributed by atoms with Crippen LogP contribution in [0.4, 0.5) is 4.39 Å². The summed E-state index contributed by atoms with van der Waals surface area (Å²) in [7, 11) is 0. The predicted molar refractivity (Wildman–Crippen MR) is 52.0 cm³/mol. The van der Waals surface area contributed by atoms with Gasteiger partial charge in [0.1, 0.15) is 11.4 Å². The van der Waals surface area contributed by atoms with Crippen LogP contribution in [0.25, 0.3) is 0 Å². The van der Waals surface area contributed by atoms with Crippen molar-refractivity contribution >= 4 is 17.4 Å². The number of carbonyl (C=O) groups excluding carboxylic acids is 1. The Morgan fingerprint density at radius 1 is 1.50 bits per heavy atom. The second-order valence-corrected chi connectivity index (χ2v) is 3.95. The molecule has 1 aromatic rings. The first-order valence-corrected chi connectivity index (χ1v) is 4.42. The molecule has 76 valence electrons. The fourth-order valence-electron chi connectivity index (χ4n) is 1.00. The summed E-state index contributed by atoms with van der Waals surface area (Å²) in [5.74, 6) is -1.38. The second-order valence-electron chi connectivity index (χ2n) is 3.51. The van der Waals surface area contributed by atoms with Gasteiger partial charge in [-0.05, 0) is 32.0 Å². The van der Waals surface area contributed by atoms with Gasteiger partial charge in [0.25, 0.3) is 0 Å². The van der Waals surface area contributed by atoms with Gasteiger partial charge in [0.05, 0.1) is 5.56 Å². The molecule has 0 aromatic heterocycles. The Hall–Kier alpha value is -0.930. The van der Waals surface area contributed by atoms with E-state index >= 15 is 0 Å². The van der Waals surface area contributed by atoms with E-state index in [-0.39, 0.29) is 10.6 Å². The molecule has 0 saturated heterocycles. The summed E-state index contributed by atoms with van der Waals surface area (Å²) in [6.45, 7) is 2.62. The molecule has 0 fully saturated rings. The molecular weight excluding hydrogens is 207 g/mol. The van der Waals surface area contributed by atoms with Gasteiger partial charge < -0.3 is 5.11 Å². The van der Waals surface area contributed by atoms with Crippen LogP contribution in [0.1, 0.15) is 24.2 Å². The van der Waals surface area contributed by atoms with Crippen molar-refractivity contribution in [3.63, 3.8) is 0 Å². The van der Waals surface area contributed by atoms with Gasteiger partial charge in [-0.25, -0.2) is 4.39 Å². The zero-order valence-corrected chi connectivity index (χ0v) is 8.60. The smallest absolute Gasteiger partial charge is 0.196 e. The lowest BCUT2D eigenvalue weighted by molar-refractivity contribution is 0.0483. The molecule has 1 rings (SSSR count). The van der Waals surface area contributed by atoms with Crippen molar-refractivity contribution in [2.24, 2.45) is 0 Å². The highest BCUT2D eigenvalue weighted by molar-refractivity contribution is 6.30. The molecule has 4 heteroatoms. The van der Waals surface area contributed by atoms with Crippen LogP contribution < -0.4 is 0 Å². The largest absolute Gasteiger partial charge is 0.382 e. The fraction of sp³-hybridized carbons (Fsp3) is 0.300. The first-order chi connectivity index (χ1) is 6.32. The summed E-state index contributed by atoms with van der Waals surface area (Å²) >= 11 is 5.52. The van der Waals surface area contributed by atoms with Crippen LogP contribution in [0.3, 0.4) is 0 Å². The quantitative estimate of drug-likeness (QED) is 0.771. The average Bonchev–Trinajstić information content (AvgIpc) is 2.01. The number of carbonyl (C=O) groups is 1. The monoisotopic (exact) mass is 216 g/mol. The highest BCUT2D eigenvalue weighted by atomic mass is 35.5. The van der Waals surface area contributed by atoms with Gasteiger partial charge in [-0.2, -0.15) is 0 Å². The third-order valence-electron chi connectivity index (χ3n) is 1.73. The van der Waals surface area contributed by atoms with Gasteiger partial charge >= 0.3 is 0 Å². The van der Waals surface area contributed by atoms with Crippen LogP contribution in [0.2, 0.25) is 5.02 Å². The standard InChI is InChI=1S/C10H10ClFO2/c1-10(2,14)9(13)7-4-3-6(11)5-8(7)12/h3-5,14H,1-2H3. The minimum atomic E-state index is -1.57. The molecule has 0 spiro atoms. The summed E-state index contributed by atoms with van der Waals surface area (Å²) in [5, 5.41) is 9.60. The van der Waals surface area contributed by atoms with E-state index in [1.807, 2.05) is 0 Å². The fourth-order valence-corrected chi connectivity index (χ4v) is 1.16. The van der Waals surface area contributed by atoms with E-state index in [1.54, 1.807) is 0 Å². The molecule has 0 unspecified atom stereocenters. The molecule has 0 atom stereocenters. The Labute approximate surface area is 86.3 Å². The summed E-state index contributed by atoms with van der Waals surface area (Å²) in [4.78, 5) is 11.5. The van der Waals surface area contributed by atoms with Crippen LogP contribution in [-0.2, 0) is 0 Å². The van der Waals surface area contributed by atoms with E-state index in [2.05, 4.69) is 0 Å². The summed E-state index contributed by atoms with van der Waals surface area (Å²) in [5.41, 5.74) is -1.73. The Bertz CT molecular complexity index is 369. The molecule has 0 amide bonds. The Morgan fingerprint density at radius 3 is 2.50 bits per heavy atom. The number of Topliss-reactive ketones (excluding diaryl/α,β-unsaturated/α-hetero) is 1. The lowest BCUT2D eigenvalue weighted by Gasteiger charge is -2.15. The molecule has 2 nitrogen and oxygen atoms in total. The zero-order chi connectivity index (χ0) is 10.9. The van der Waals surface area contributed by atoms with E-state index in [4.69, 9.17) is 11.6 Å². The molecule has 0 aliphatic rings. The Balaban J connectivity index is 3.15. The maximum Gasteiger partial charge on any atom is 0.196 e. The maximum absolute atomic E-state index is 13.2. The molecule has 1 N–H and O–H groups in total. The first-order valence-electron chi connectivity index (χ1n) is 4.04. The molecule has 1 aromatic carbocycles. The number of rotatable bonds is 2. The summed E-state index contributed by atoms with van der Waals surface area (Å²) in [6, 6.07) is 3.71. The topological polar surface area (TPSA) is 37.3 Å². The zero-order valence-electron chi connectivity index (χ0n) is 7.84. The third kappa shape index (κ3) is 2.30. The Morgan fingerprint density at radius 2 is 2.07 bits per heavy atom. The minimum absolute atomic E-state index is 0.151. The molecule has 0 saturated carbocycles. The normalized spacial score (nSPS) is 11.5. The molecule has 0 radical (unpaired) electrons. The van der Waals surface area contributed by atoms with Gasteiger partial charge in [0.2, 0.25) is 0 Å². The van der Waals surface area contributed by atoms with E-state index in [1.165, 1.54) is 26.0 Å². The SMILES string of the molecule is CC(C)(O)C(=O)c1ccc(Cl)cc1F. The molecule has 0 heterocycles. The van der Waals surface area contributed by atoms with E-state index in [0.29, 0.717) is 0 Å². The highest BCUT2D eigenvalue weighted by Gasteiger charge is 2.27. The van der Waals surface area contributed by atoms with E-state index < -0.39 is 17.2 Å². The van der Waals surface area contributed by atoms with E-state index in [0.717, 1.165) is 6.07 Å². The maximum atomic E-state index is 13.2. The van der Waals surface area contributed by atoms with Crippen molar-refractivity contribution in [3.8, 4) is 0 Å². The summed E-state index contributed by atoms with van der Waals surface area (Å²) < 4.78 is 13.2. The van der Waals surface area contributed by atoms with Gasteiger partial charge in [-0.15, -0.1) is 0 Å². The van der Waals surface area contributed by atoms with Crippen LogP contribution in [0, 0.1) is 5.82 Å². The number of hydrogen-bond donors (Lipinski definition) is 1. The Kier molecular flexibility index (Phi) is 2.92. The van der Waals surface area contributed by atoms with Crippen molar-refractivity contribution in [2.75, 3.05) is 0 Å². The number of hydrogen-bond acceptors (Lipinski definition) is 2. The number of halogens is 2. The van der Waals surface area contributed by atoms with Gasteiger partial charge in [0, 0.05) is 5.02 Å². The van der Waals surface area contributed by atoms with Crippen LogP contribution in [0.5, 0.6) is 0 Å². The minimum Gasteiger partial charge on any atom is -0.382 e. The van der Waals surface area contributed by atoms with Crippen molar-refractivity contribution in [1.29, 1.82) is 0 Å². The molecule has 0 bridgehead atoms. The molecule has 0 aliphatic carbocycles.